The summed E-state index contributed by atoms with van der Waals surface area (Å²) in [6.45, 7) is -0.00356. The van der Waals surface area contributed by atoms with Crippen LogP contribution in [-0.4, -0.2) is 34.3 Å². The number of aliphatic hydroxyl groups is 1. The number of hydrogen-bond donors (Lipinski definition) is 2. The first-order valence-electron chi connectivity index (χ1n) is 10.6. The minimum absolute atomic E-state index is 0.00356. The summed E-state index contributed by atoms with van der Waals surface area (Å²) in [7, 11) is 3.29. The molecule has 3 aromatic carbocycles. The van der Waals surface area contributed by atoms with Crippen molar-refractivity contribution in [2.45, 2.75) is 19.4 Å². The standard InChI is InChI=1S/C26H26N4O3/c1-32-22-11-9-21(10-12-22)27-26-29-24(15-18-5-3-7-20(13-18)17-31)28-25(30-26)16-19-6-4-8-23(14-19)33-2/h3-14,31H,15-17H2,1-2H3,(H,27,28,29,30). The molecule has 4 rings (SSSR count). The fourth-order valence-corrected chi connectivity index (χ4v) is 3.47. The Labute approximate surface area is 193 Å². The Balaban J connectivity index is 1.64. The molecule has 0 saturated carbocycles. The fraction of sp³-hybridized carbons (Fsp3) is 0.192. The predicted octanol–water partition coefficient (Wildman–Crippen LogP) is 4.31. The Morgan fingerprint density at radius 3 is 1.94 bits per heavy atom. The first-order chi connectivity index (χ1) is 16.1. The molecule has 1 aromatic heterocycles. The minimum Gasteiger partial charge on any atom is -0.497 e. The fourth-order valence-electron chi connectivity index (χ4n) is 3.47. The van der Waals surface area contributed by atoms with Gasteiger partial charge in [-0.1, -0.05) is 36.4 Å². The lowest BCUT2D eigenvalue weighted by atomic mass is 10.1. The molecule has 0 radical (unpaired) electrons. The second-order valence-electron chi connectivity index (χ2n) is 7.53. The Bertz CT molecular complexity index is 1140. The molecule has 1 heterocycles. The van der Waals surface area contributed by atoms with Crippen LogP contribution in [0.25, 0.3) is 0 Å². The van der Waals surface area contributed by atoms with Crippen molar-refractivity contribution < 1.29 is 14.6 Å². The van der Waals surface area contributed by atoms with Crippen molar-refractivity contribution in [3.63, 3.8) is 0 Å². The summed E-state index contributed by atoms with van der Waals surface area (Å²) < 4.78 is 10.6. The third-order valence-electron chi connectivity index (χ3n) is 5.11. The Morgan fingerprint density at radius 1 is 0.697 bits per heavy atom. The van der Waals surface area contributed by atoms with E-state index in [2.05, 4.69) is 15.3 Å². The molecule has 0 aliphatic rings. The maximum atomic E-state index is 9.45. The van der Waals surface area contributed by atoms with Gasteiger partial charge in [0.2, 0.25) is 5.95 Å². The second kappa shape index (κ2) is 10.6. The van der Waals surface area contributed by atoms with Gasteiger partial charge in [0, 0.05) is 18.5 Å². The van der Waals surface area contributed by atoms with Crippen LogP contribution >= 0.6 is 0 Å². The first kappa shape index (κ1) is 22.2. The lowest BCUT2D eigenvalue weighted by Crippen LogP contribution is -2.09. The van der Waals surface area contributed by atoms with Crippen molar-refractivity contribution >= 4 is 11.6 Å². The number of rotatable bonds is 9. The molecular formula is C26H26N4O3. The van der Waals surface area contributed by atoms with Gasteiger partial charge in [0.25, 0.3) is 0 Å². The number of nitrogens with one attached hydrogen (secondary N) is 1. The maximum Gasteiger partial charge on any atom is 0.230 e. The van der Waals surface area contributed by atoms with E-state index in [1.54, 1.807) is 14.2 Å². The highest BCUT2D eigenvalue weighted by Crippen LogP contribution is 2.20. The molecule has 7 heteroatoms. The summed E-state index contributed by atoms with van der Waals surface area (Å²) in [6, 6.07) is 23.2. The smallest absolute Gasteiger partial charge is 0.230 e. The van der Waals surface area contributed by atoms with Crippen molar-refractivity contribution in [1.29, 1.82) is 0 Å². The molecule has 0 bridgehead atoms. The van der Waals surface area contributed by atoms with E-state index in [4.69, 9.17) is 14.5 Å². The molecule has 0 spiro atoms. The summed E-state index contributed by atoms with van der Waals surface area (Å²) in [5.74, 6) is 3.34. The molecule has 0 saturated heterocycles. The van der Waals surface area contributed by atoms with Crippen molar-refractivity contribution in [3.05, 3.63) is 101 Å². The highest BCUT2D eigenvalue weighted by atomic mass is 16.5. The number of nitrogens with zero attached hydrogens (tertiary/aromatic N) is 3. The second-order valence-corrected chi connectivity index (χ2v) is 7.53. The van der Waals surface area contributed by atoms with E-state index in [1.807, 2.05) is 72.8 Å². The van der Waals surface area contributed by atoms with Gasteiger partial charge in [-0.15, -0.1) is 0 Å². The average Bonchev–Trinajstić information content (AvgIpc) is 2.84. The summed E-state index contributed by atoms with van der Waals surface area (Å²) in [6.07, 6.45) is 1.07. The van der Waals surface area contributed by atoms with Gasteiger partial charge in [-0.3, -0.25) is 0 Å². The lowest BCUT2D eigenvalue weighted by molar-refractivity contribution is 0.281. The largest absolute Gasteiger partial charge is 0.497 e. The Hall–Kier alpha value is -3.97. The molecule has 7 nitrogen and oxygen atoms in total. The van der Waals surface area contributed by atoms with E-state index in [1.165, 1.54) is 0 Å². The van der Waals surface area contributed by atoms with Crippen LogP contribution in [0.5, 0.6) is 11.5 Å². The SMILES string of the molecule is COc1ccc(Nc2nc(Cc3cccc(CO)c3)nc(Cc3cccc(OC)c3)n2)cc1. The van der Waals surface area contributed by atoms with Crippen molar-refractivity contribution in [1.82, 2.24) is 15.0 Å². The van der Waals surface area contributed by atoms with Gasteiger partial charge in [-0.25, -0.2) is 4.98 Å². The zero-order valence-electron chi connectivity index (χ0n) is 18.7. The van der Waals surface area contributed by atoms with Gasteiger partial charge in [-0.2, -0.15) is 9.97 Å². The van der Waals surface area contributed by atoms with E-state index in [0.717, 1.165) is 33.9 Å². The summed E-state index contributed by atoms with van der Waals surface area (Å²) in [5.41, 5.74) is 3.77. The average molecular weight is 443 g/mol. The number of aromatic nitrogens is 3. The van der Waals surface area contributed by atoms with Crippen molar-refractivity contribution in [2.75, 3.05) is 19.5 Å². The highest BCUT2D eigenvalue weighted by Gasteiger charge is 2.10. The van der Waals surface area contributed by atoms with Crippen LogP contribution < -0.4 is 14.8 Å². The predicted molar refractivity (Wildman–Crippen MR) is 127 cm³/mol. The third-order valence-corrected chi connectivity index (χ3v) is 5.11. The van der Waals surface area contributed by atoms with Crippen LogP contribution in [0, 0.1) is 0 Å². The number of anilines is 2. The van der Waals surface area contributed by atoms with Crippen LogP contribution in [-0.2, 0) is 19.4 Å². The summed E-state index contributed by atoms with van der Waals surface area (Å²) in [4.78, 5) is 14.0. The molecule has 0 amide bonds. The number of ether oxygens (including phenoxy) is 2. The topological polar surface area (TPSA) is 89.4 Å². The van der Waals surface area contributed by atoms with Crippen molar-refractivity contribution in [2.24, 2.45) is 0 Å². The Morgan fingerprint density at radius 2 is 1.30 bits per heavy atom. The summed E-state index contributed by atoms with van der Waals surface area (Å²) >= 11 is 0. The van der Waals surface area contributed by atoms with Crippen molar-refractivity contribution in [3.8, 4) is 11.5 Å². The van der Waals surface area contributed by atoms with E-state index in [-0.39, 0.29) is 6.61 Å². The lowest BCUT2D eigenvalue weighted by Gasteiger charge is -2.11. The molecule has 0 aliphatic heterocycles. The maximum absolute atomic E-state index is 9.45. The van der Waals surface area contributed by atoms with Crippen LogP contribution in [0.15, 0.2) is 72.8 Å². The third kappa shape index (κ3) is 6.05. The number of hydrogen-bond acceptors (Lipinski definition) is 7. The van der Waals surface area contributed by atoms with Crippen LogP contribution in [0.4, 0.5) is 11.6 Å². The van der Waals surface area contributed by atoms with E-state index in [9.17, 15) is 5.11 Å². The zero-order valence-corrected chi connectivity index (χ0v) is 18.7. The zero-order chi connectivity index (χ0) is 23.0. The van der Waals surface area contributed by atoms with Gasteiger partial charge in [0.05, 0.1) is 20.8 Å². The van der Waals surface area contributed by atoms with Crippen LogP contribution in [0.2, 0.25) is 0 Å². The normalized spacial score (nSPS) is 10.6. The van der Waals surface area contributed by atoms with E-state index >= 15 is 0 Å². The van der Waals surface area contributed by atoms with Crippen LogP contribution in [0.1, 0.15) is 28.3 Å². The van der Waals surface area contributed by atoms with Gasteiger partial charge < -0.3 is 19.9 Å². The molecule has 4 aromatic rings. The molecular weight excluding hydrogens is 416 g/mol. The quantitative estimate of drug-likeness (QED) is 0.399. The van der Waals surface area contributed by atoms with Gasteiger partial charge in [-0.05, 0) is 53.1 Å². The molecule has 0 unspecified atom stereocenters. The number of benzene rings is 3. The Kier molecular flexibility index (Phi) is 7.12. The monoisotopic (exact) mass is 442 g/mol. The number of aliphatic hydroxyl groups excluding tert-OH is 1. The molecule has 0 atom stereocenters. The first-order valence-corrected chi connectivity index (χ1v) is 10.6. The van der Waals surface area contributed by atoms with E-state index < -0.39 is 0 Å². The van der Waals surface area contributed by atoms with Gasteiger partial charge in [0.1, 0.15) is 23.1 Å². The highest BCUT2D eigenvalue weighted by molar-refractivity contribution is 5.54. The minimum atomic E-state index is -0.00356. The molecule has 168 valence electrons. The molecule has 0 aliphatic carbocycles. The number of methoxy groups -OCH3 is 2. The van der Waals surface area contributed by atoms with Gasteiger partial charge in [0.15, 0.2) is 0 Å². The van der Waals surface area contributed by atoms with E-state index in [0.29, 0.717) is 30.4 Å². The summed E-state index contributed by atoms with van der Waals surface area (Å²) in [5, 5.41) is 12.7. The van der Waals surface area contributed by atoms with Gasteiger partial charge >= 0.3 is 0 Å². The van der Waals surface area contributed by atoms with Crippen LogP contribution in [0.3, 0.4) is 0 Å². The molecule has 2 N–H and O–H groups in total. The molecule has 33 heavy (non-hydrogen) atoms. The molecule has 0 fully saturated rings.